The molecule has 0 bridgehead atoms. The molecule has 7 nitrogen and oxygen atoms in total. The number of aromatic nitrogens is 4. The number of fused-ring (bicyclic) bond motifs is 1. The van der Waals surface area contributed by atoms with E-state index in [9.17, 15) is 4.79 Å². The number of hydrogen-bond acceptors (Lipinski definition) is 5. The molecule has 0 aliphatic rings. The summed E-state index contributed by atoms with van der Waals surface area (Å²) in [6.45, 7) is 1.33. The lowest BCUT2D eigenvalue weighted by molar-refractivity contribution is 0.0699. The van der Waals surface area contributed by atoms with Crippen molar-refractivity contribution in [3.05, 3.63) is 48.3 Å². The second-order valence-electron chi connectivity index (χ2n) is 4.47. The third-order valence-electron chi connectivity index (χ3n) is 3.08. The van der Waals surface area contributed by atoms with Gasteiger partial charge in [0.1, 0.15) is 5.82 Å². The zero-order valence-electron chi connectivity index (χ0n) is 11.1. The molecular formula is C14H13N5O2. The van der Waals surface area contributed by atoms with Crippen LogP contribution in [0.4, 0.5) is 5.82 Å². The van der Waals surface area contributed by atoms with Crippen LogP contribution in [0, 0.1) is 0 Å². The molecule has 0 amide bonds. The number of carboxylic acids is 1. The van der Waals surface area contributed by atoms with Gasteiger partial charge in [0.25, 0.3) is 0 Å². The minimum Gasteiger partial charge on any atom is -0.478 e. The van der Waals surface area contributed by atoms with E-state index in [0.717, 1.165) is 0 Å². The van der Waals surface area contributed by atoms with Gasteiger partial charge in [-0.2, -0.15) is 0 Å². The summed E-state index contributed by atoms with van der Waals surface area (Å²) >= 11 is 0. The SMILES string of the molecule is O=C(O)c1cccc2nc(NCCn3ccnn3)ccc12. The maximum absolute atomic E-state index is 11.1. The normalized spacial score (nSPS) is 10.7. The van der Waals surface area contributed by atoms with E-state index in [1.54, 1.807) is 47.4 Å². The first kappa shape index (κ1) is 13.0. The quantitative estimate of drug-likeness (QED) is 0.739. The number of rotatable bonds is 5. The second kappa shape index (κ2) is 5.58. The first-order valence-corrected chi connectivity index (χ1v) is 6.45. The lowest BCUT2D eigenvalue weighted by atomic mass is 10.1. The first-order valence-electron chi connectivity index (χ1n) is 6.45. The fraction of sp³-hybridized carbons (Fsp3) is 0.143. The summed E-state index contributed by atoms with van der Waals surface area (Å²) in [5.74, 6) is -0.251. The van der Waals surface area contributed by atoms with Crippen LogP contribution in [-0.4, -0.2) is 37.6 Å². The number of nitrogens with zero attached hydrogens (tertiary/aromatic N) is 4. The van der Waals surface area contributed by atoms with E-state index in [2.05, 4.69) is 20.6 Å². The molecule has 7 heteroatoms. The predicted molar refractivity (Wildman–Crippen MR) is 77.2 cm³/mol. The van der Waals surface area contributed by atoms with E-state index in [-0.39, 0.29) is 5.56 Å². The molecule has 0 aliphatic carbocycles. The van der Waals surface area contributed by atoms with E-state index < -0.39 is 5.97 Å². The number of benzene rings is 1. The number of anilines is 1. The molecule has 2 aromatic heterocycles. The Morgan fingerprint density at radius 3 is 2.95 bits per heavy atom. The van der Waals surface area contributed by atoms with Crippen LogP contribution in [-0.2, 0) is 6.54 Å². The Bertz CT molecular complexity index is 770. The highest BCUT2D eigenvalue weighted by Crippen LogP contribution is 2.19. The van der Waals surface area contributed by atoms with Gasteiger partial charge in [-0.25, -0.2) is 9.78 Å². The van der Waals surface area contributed by atoms with Crippen LogP contribution in [0.15, 0.2) is 42.7 Å². The van der Waals surface area contributed by atoms with Crippen LogP contribution in [0.1, 0.15) is 10.4 Å². The molecule has 106 valence electrons. The van der Waals surface area contributed by atoms with Crippen molar-refractivity contribution in [2.24, 2.45) is 0 Å². The highest BCUT2D eigenvalue weighted by Gasteiger charge is 2.08. The van der Waals surface area contributed by atoms with E-state index in [1.165, 1.54) is 0 Å². The summed E-state index contributed by atoms with van der Waals surface area (Å²) in [6, 6.07) is 8.60. The molecule has 2 N–H and O–H groups in total. The molecule has 0 fully saturated rings. The molecule has 0 atom stereocenters. The zero-order chi connectivity index (χ0) is 14.7. The molecule has 1 aromatic carbocycles. The van der Waals surface area contributed by atoms with Crippen LogP contribution in [0.5, 0.6) is 0 Å². The number of aromatic carboxylic acids is 1. The van der Waals surface area contributed by atoms with Crippen molar-refractivity contribution in [3.63, 3.8) is 0 Å². The van der Waals surface area contributed by atoms with Crippen molar-refractivity contribution >= 4 is 22.7 Å². The van der Waals surface area contributed by atoms with Crippen molar-refractivity contribution in [2.75, 3.05) is 11.9 Å². The molecule has 0 saturated carbocycles. The summed E-state index contributed by atoms with van der Waals surface area (Å²) in [5, 5.41) is 20.5. The summed E-state index contributed by atoms with van der Waals surface area (Å²) in [6.07, 6.45) is 3.41. The molecule has 2 heterocycles. The Balaban J connectivity index is 1.76. The molecule has 3 rings (SSSR count). The van der Waals surface area contributed by atoms with E-state index >= 15 is 0 Å². The van der Waals surface area contributed by atoms with Gasteiger partial charge in [-0.3, -0.25) is 4.68 Å². The average Bonchev–Trinajstić information content (AvgIpc) is 2.99. The Hall–Kier alpha value is -2.96. The van der Waals surface area contributed by atoms with Crippen LogP contribution in [0.2, 0.25) is 0 Å². The summed E-state index contributed by atoms with van der Waals surface area (Å²) in [7, 11) is 0. The van der Waals surface area contributed by atoms with Crippen LogP contribution < -0.4 is 5.32 Å². The fourth-order valence-electron chi connectivity index (χ4n) is 2.09. The Kier molecular flexibility index (Phi) is 3.46. The van der Waals surface area contributed by atoms with Gasteiger partial charge in [0.15, 0.2) is 0 Å². The molecule has 0 unspecified atom stereocenters. The second-order valence-corrected chi connectivity index (χ2v) is 4.47. The van der Waals surface area contributed by atoms with Gasteiger partial charge in [0, 0.05) is 18.1 Å². The van der Waals surface area contributed by atoms with Gasteiger partial charge in [0.2, 0.25) is 0 Å². The minimum atomic E-state index is -0.950. The fourth-order valence-corrected chi connectivity index (χ4v) is 2.09. The van der Waals surface area contributed by atoms with Gasteiger partial charge < -0.3 is 10.4 Å². The number of pyridine rings is 1. The maximum Gasteiger partial charge on any atom is 0.336 e. The first-order chi connectivity index (χ1) is 10.2. The van der Waals surface area contributed by atoms with Gasteiger partial charge >= 0.3 is 5.97 Å². The van der Waals surface area contributed by atoms with Gasteiger partial charge in [-0.1, -0.05) is 11.3 Å². The molecule has 0 aliphatic heterocycles. The molecular weight excluding hydrogens is 270 g/mol. The minimum absolute atomic E-state index is 0.258. The third kappa shape index (κ3) is 2.81. The topological polar surface area (TPSA) is 92.9 Å². The highest BCUT2D eigenvalue weighted by atomic mass is 16.4. The molecule has 0 radical (unpaired) electrons. The molecule has 3 aromatic rings. The predicted octanol–water partition coefficient (Wildman–Crippen LogP) is 1.64. The van der Waals surface area contributed by atoms with Gasteiger partial charge in [-0.05, 0) is 24.3 Å². The monoisotopic (exact) mass is 283 g/mol. The largest absolute Gasteiger partial charge is 0.478 e. The number of nitrogens with one attached hydrogen (secondary N) is 1. The van der Waals surface area contributed by atoms with Crippen molar-refractivity contribution in [3.8, 4) is 0 Å². The average molecular weight is 283 g/mol. The van der Waals surface area contributed by atoms with Crippen LogP contribution in [0.25, 0.3) is 10.9 Å². The lowest BCUT2D eigenvalue weighted by Gasteiger charge is -2.07. The van der Waals surface area contributed by atoms with Crippen molar-refractivity contribution in [2.45, 2.75) is 6.54 Å². The number of carbonyl (C=O) groups is 1. The van der Waals surface area contributed by atoms with Crippen LogP contribution in [0.3, 0.4) is 0 Å². The highest BCUT2D eigenvalue weighted by molar-refractivity contribution is 6.02. The number of hydrogen-bond donors (Lipinski definition) is 2. The zero-order valence-corrected chi connectivity index (χ0v) is 11.1. The number of carboxylic acid groups (broad SMARTS) is 1. The van der Waals surface area contributed by atoms with Crippen LogP contribution >= 0.6 is 0 Å². The Morgan fingerprint density at radius 1 is 1.29 bits per heavy atom. The third-order valence-corrected chi connectivity index (χ3v) is 3.08. The summed E-state index contributed by atoms with van der Waals surface area (Å²) < 4.78 is 1.72. The molecule has 21 heavy (non-hydrogen) atoms. The lowest BCUT2D eigenvalue weighted by Crippen LogP contribution is -2.12. The summed E-state index contributed by atoms with van der Waals surface area (Å²) in [4.78, 5) is 15.6. The van der Waals surface area contributed by atoms with Crippen molar-refractivity contribution in [1.29, 1.82) is 0 Å². The van der Waals surface area contributed by atoms with Crippen molar-refractivity contribution < 1.29 is 9.90 Å². The standard InChI is InChI=1S/C14H13N5O2/c20-14(21)11-2-1-3-12-10(11)4-5-13(17-12)15-6-8-19-9-7-16-18-19/h1-5,7,9H,6,8H2,(H,15,17)(H,20,21). The van der Waals surface area contributed by atoms with Crippen molar-refractivity contribution in [1.82, 2.24) is 20.0 Å². The van der Waals surface area contributed by atoms with E-state index in [4.69, 9.17) is 5.11 Å². The summed E-state index contributed by atoms with van der Waals surface area (Å²) in [5.41, 5.74) is 0.912. The molecule has 0 saturated heterocycles. The molecule has 0 spiro atoms. The van der Waals surface area contributed by atoms with Gasteiger partial charge in [0.05, 0.1) is 23.8 Å². The Labute approximate surface area is 120 Å². The Morgan fingerprint density at radius 2 is 2.19 bits per heavy atom. The van der Waals surface area contributed by atoms with E-state index in [0.29, 0.717) is 29.8 Å². The maximum atomic E-state index is 11.1. The smallest absolute Gasteiger partial charge is 0.336 e. The van der Waals surface area contributed by atoms with Gasteiger partial charge in [-0.15, -0.1) is 5.10 Å². The van der Waals surface area contributed by atoms with E-state index in [1.807, 2.05) is 0 Å².